The van der Waals surface area contributed by atoms with Crippen LogP contribution < -0.4 is 10.1 Å². The van der Waals surface area contributed by atoms with Gasteiger partial charge >= 0.3 is 0 Å². The van der Waals surface area contributed by atoms with E-state index in [0.29, 0.717) is 17.3 Å². The number of benzene rings is 2. The maximum atomic E-state index is 11.5. The number of ether oxygens (including phenoxy) is 1. The predicted molar refractivity (Wildman–Crippen MR) is 88.6 cm³/mol. The van der Waals surface area contributed by atoms with Crippen molar-refractivity contribution in [3.05, 3.63) is 36.4 Å². The standard InChI is InChI=1S/C17H14N4O3/c1-24-15-8-10(2-5-14(15)22)17-20-12-4-3-11(9-13(12)21-17)19-16(23)6-7-18/h2-5,8-9,22H,6H2,1H3,(H,19,23)(H,20,21). The van der Waals surface area contributed by atoms with Crippen LogP contribution in [-0.4, -0.2) is 28.1 Å². The van der Waals surface area contributed by atoms with Crippen molar-refractivity contribution < 1.29 is 14.6 Å². The molecule has 0 aliphatic rings. The van der Waals surface area contributed by atoms with E-state index in [4.69, 9.17) is 10.00 Å². The molecule has 3 rings (SSSR count). The number of aromatic amines is 1. The highest BCUT2D eigenvalue weighted by Gasteiger charge is 2.10. The number of aromatic nitrogens is 2. The molecule has 3 aromatic rings. The molecule has 1 amide bonds. The van der Waals surface area contributed by atoms with Crippen LogP contribution in [0.3, 0.4) is 0 Å². The average molecular weight is 322 g/mol. The van der Waals surface area contributed by atoms with Crippen molar-refractivity contribution in [1.82, 2.24) is 9.97 Å². The summed E-state index contributed by atoms with van der Waals surface area (Å²) in [7, 11) is 1.48. The Bertz CT molecular complexity index is 956. The van der Waals surface area contributed by atoms with E-state index in [1.54, 1.807) is 36.4 Å². The number of aromatic hydroxyl groups is 1. The molecule has 0 unspecified atom stereocenters. The van der Waals surface area contributed by atoms with Crippen molar-refractivity contribution in [3.63, 3.8) is 0 Å². The first-order valence-corrected chi connectivity index (χ1v) is 7.14. The largest absolute Gasteiger partial charge is 0.504 e. The maximum Gasteiger partial charge on any atom is 0.238 e. The van der Waals surface area contributed by atoms with Gasteiger partial charge in [0.1, 0.15) is 12.2 Å². The van der Waals surface area contributed by atoms with E-state index in [0.717, 1.165) is 16.6 Å². The van der Waals surface area contributed by atoms with E-state index in [1.165, 1.54) is 13.2 Å². The summed E-state index contributed by atoms with van der Waals surface area (Å²) >= 11 is 0. The number of amides is 1. The van der Waals surface area contributed by atoms with Gasteiger partial charge in [0.2, 0.25) is 5.91 Å². The number of phenols is 1. The molecule has 0 aliphatic heterocycles. The van der Waals surface area contributed by atoms with Crippen LogP contribution in [-0.2, 0) is 4.79 Å². The number of carbonyl (C=O) groups excluding carboxylic acids is 1. The molecule has 0 fully saturated rings. The third-order valence-electron chi connectivity index (χ3n) is 3.46. The fraction of sp³-hybridized carbons (Fsp3) is 0.118. The zero-order chi connectivity index (χ0) is 17.1. The predicted octanol–water partition coefficient (Wildman–Crippen LogP) is 2.80. The number of anilines is 1. The summed E-state index contributed by atoms with van der Waals surface area (Å²) in [5.74, 6) is 0.668. The summed E-state index contributed by atoms with van der Waals surface area (Å²) < 4.78 is 5.10. The highest BCUT2D eigenvalue weighted by atomic mass is 16.5. The van der Waals surface area contributed by atoms with Gasteiger partial charge in [-0.05, 0) is 36.4 Å². The minimum Gasteiger partial charge on any atom is -0.504 e. The molecule has 7 nitrogen and oxygen atoms in total. The van der Waals surface area contributed by atoms with Gasteiger partial charge in [-0.25, -0.2) is 4.98 Å². The second kappa shape index (κ2) is 6.30. The monoisotopic (exact) mass is 322 g/mol. The molecule has 0 bridgehead atoms. The zero-order valence-electron chi connectivity index (χ0n) is 12.8. The molecule has 0 aliphatic carbocycles. The first-order valence-electron chi connectivity index (χ1n) is 7.14. The quantitative estimate of drug-likeness (QED) is 0.684. The third kappa shape index (κ3) is 2.98. The Morgan fingerprint density at radius 3 is 2.96 bits per heavy atom. The van der Waals surface area contributed by atoms with E-state index >= 15 is 0 Å². The Labute approximate surface area is 137 Å². The van der Waals surface area contributed by atoms with Crippen molar-refractivity contribution in [3.8, 4) is 29.0 Å². The van der Waals surface area contributed by atoms with Crippen LogP contribution in [0.15, 0.2) is 36.4 Å². The smallest absolute Gasteiger partial charge is 0.238 e. The Morgan fingerprint density at radius 1 is 1.38 bits per heavy atom. The molecule has 120 valence electrons. The summed E-state index contributed by atoms with van der Waals surface area (Å²) in [4.78, 5) is 19.1. The van der Waals surface area contributed by atoms with Gasteiger partial charge in [0.25, 0.3) is 0 Å². The molecular formula is C17H14N4O3. The Balaban J connectivity index is 1.94. The van der Waals surface area contributed by atoms with Gasteiger partial charge in [0.15, 0.2) is 11.5 Å². The lowest BCUT2D eigenvalue weighted by Crippen LogP contribution is -2.09. The maximum absolute atomic E-state index is 11.5. The molecule has 0 radical (unpaired) electrons. The highest BCUT2D eigenvalue weighted by molar-refractivity contribution is 5.94. The number of hydrogen-bond acceptors (Lipinski definition) is 5. The number of phenolic OH excluding ortho intramolecular Hbond substituents is 1. The minimum atomic E-state index is -0.361. The normalized spacial score (nSPS) is 10.3. The highest BCUT2D eigenvalue weighted by Crippen LogP contribution is 2.31. The number of methoxy groups -OCH3 is 1. The number of hydrogen-bond donors (Lipinski definition) is 3. The minimum absolute atomic E-state index is 0.0554. The summed E-state index contributed by atoms with van der Waals surface area (Å²) in [6.45, 7) is 0. The van der Waals surface area contributed by atoms with Gasteiger partial charge in [0.05, 0.1) is 24.2 Å². The number of carbonyl (C=O) groups is 1. The van der Waals surface area contributed by atoms with Crippen LogP contribution in [0.5, 0.6) is 11.5 Å². The topological polar surface area (TPSA) is 111 Å². The lowest BCUT2D eigenvalue weighted by molar-refractivity contribution is -0.115. The molecule has 7 heteroatoms. The molecule has 3 N–H and O–H groups in total. The van der Waals surface area contributed by atoms with Crippen LogP contribution in [0.4, 0.5) is 5.69 Å². The van der Waals surface area contributed by atoms with Crippen LogP contribution >= 0.6 is 0 Å². The van der Waals surface area contributed by atoms with Crippen LogP contribution in [0.25, 0.3) is 22.4 Å². The molecule has 1 heterocycles. The van der Waals surface area contributed by atoms with Crippen molar-refractivity contribution in [2.45, 2.75) is 6.42 Å². The van der Waals surface area contributed by atoms with E-state index in [-0.39, 0.29) is 18.1 Å². The number of nitrogens with zero attached hydrogens (tertiary/aromatic N) is 2. The molecular weight excluding hydrogens is 308 g/mol. The van der Waals surface area contributed by atoms with E-state index in [1.807, 2.05) is 0 Å². The fourth-order valence-corrected chi connectivity index (χ4v) is 2.33. The van der Waals surface area contributed by atoms with E-state index < -0.39 is 0 Å². The van der Waals surface area contributed by atoms with Gasteiger partial charge in [0, 0.05) is 11.3 Å². The number of imidazole rings is 1. The molecule has 1 aromatic heterocycles. The summed E-state index contributed by atoms with van der Waals surface area (Å²) in [6.07, 6.45) is -0.195. The zero-order valence-corrected chi connectivity index (χ0v) is 12.8. The SMILES string of the molecule is COc1cc(-c2nc3ccc(NC(=O)CC#N)cc3[nH]2)ccc1O. The Kier molecular flexibility index (Phi) is 4.03. The van der Waals surface area contributed by atoms with Crippen molar-refractivity contribution in [1.29, 1.82) is 5.26 Å². The number of fused-ring (bicyclic) bond motifs is 1. The number of rotatable bonds is 4. The summed E-state index contributed by atoms with van der Waals surface area (Å²) in [5, 5.41) is 20.8. The first-order chi connectivity index (χ1) is 11.6. The van der Waals surface area contributed by atoms with Gasteiger partial charge in [-0.3, -0.25) is 4.79 Å². The number of nitriles is 1. The van der Waals surface area contributed by atoms with Gasteiger partial charge in [-0.2, -0.15) is 5.26 Å². The number of nitrogens with one attached hydrogen (secondary N) is 2. The van der Waals surface area contributed by atoms with E-state index in [9.17, 15) is 9.90 Å². The van der Waals surface area contributed by atoms with Crippen LogP contribution in [0.2, 0.25) is 0 Å². The Hall–Kier alpha value is -3.53. The molecule has 0 atom stereocenters. The van der Waals surface area contributed by atoms with Crippen molar-refractivity contribution >= 4 is 22.6 Å². The average Bonchev–Trinajstić information content (AvgIpc) is 2.98. The summed E-state index contributed by atoms with van der Waals surface area (Å²) in [5.41, 5.74) is 2.82. The van der Waals surface area contributed by atoms with Crippen LogP contribution in [0.1, 0.15) is 6.42 Å². The van der Waals surface area contributed by atoms with Crippen molar-refractivity contribution in [2.24, 2.45) is 0 Å². The molecule has 24 heavy (non-hydrogen) atoms. The van der Waals surface area contributed by atoms with Crippen molar-refractivity contribution in [2.75, 3.05) is 12.4 Å². The van der Waals surface area contributed by atoms with Gasteiger partial charge < -0.3 is 20.1 Å². The van der Waals surface area contributed by atoms with Gasteiger partial charge in [-0.1, -0.05) is 0 Å². The fourth-order valence-electron chi connectivity index (χ4n) is 2.33. The molecule has 0 spiro atoms. The lowest BCUT2D eigenvalue weighted by atomic mass is 10.2. The molecule has 0 saturated heterocycles. The molecule has 2 aromatic carbocycles. The third-order valence-corrected chi connectivity index (χ3v) is 3.46. The van der Waals surface area contributed by atoms with E-state index in [2.05, 4.69) is 15.3 Å². The number of H-pyrrole nitrogens is 1. The first kappa shape index (κ1) is 15.4. The van der Waals surface area contributed by atoms with Gasteiger partial charge in [-0.15, -0.1) is 0 Å². The second-order valence-corrected chi connectivity index (χ2v) is 5.09. The lowest BCUT2D eigenvalue weighted by Gasteiger charge is -2.04. The van der Waals surface area contributed by atoms with Crippen LogP contribution in [0, 0.1) is 11.3 Å². The molecule has 0 saturated carbocycles. The Morgan fingerprint density at radius 2 is 2.21 bits per heavy atom. The second-order valence-electron chi connectivity index (χ2n) is 5.09. The summed E-state index contributed by atoms with van der Waals surface area (Å²) in [6, 6.07) is 12.0.